The number of hydrogen-bond donors (Lipinski definition) is 1. The van der Waals surface area contributed by atoms with Crippen molar-refractivity contribution in [1.82, 2.24) is 9.78 Å². The number of aryl methyl sites for hydroxylation is 1. The summed E-state index contributed by atoms with van der Waals surface area (Å²) in [4.78, 5) is 25.0. The first kappa shape index (κ1) is 15.5. The second-order valence-corrected chi connectivity index (χ2v) is 5.85. The molecule has 1 aliphatic heterocycles. The molecule has 1 aromatic carbocycles. The Morgan fingerprint density at radius 2 is 2.00 bits per heavy atom. The van der Waals surface area contributed by atoms with Gasteiger partial charge in [-0.3, -0.25) is 4.90 Å². The van der Waals surface area contributed by atoms with E-state index >= 15 is 0 Å². The highest BCUT2D eigenvalue weighted by atomic mass is 79.9. The first-order valence-electron chi connectivity index (χ1n) is 7.05. The molecule has 0 unspecified atom stereocenters. The summed E-state index contributed by atoms with van der Waals surface area (Å²) in [5.74, 6) is -0.719. The Balaban J connectivity index is 1.79. The second-order valence-electron chi connectivity index (χ2n) is 5.06. The average molecular weight is 380 g/mol. The van der Waals surface area contributed by atoms with Gasteiger partial charge in [-0.2, -0.15) is 5.10 Å². The van der Waals surface area contributed by atoms with Crippen molar-refractivity contribution in [2.45, 2.75) is 19.6 Å². The number of aromatic nitrogens is 2. The number of anilines is 1. The van der Waals surface area contributed by atoms with Gasteiger partial charge in [-0.1, -0.05) is 30.3 Å². The molecule has 7 nitrogen and oxygen atoms in total. The highest BCUT2D eigenvalue weighted by molar-refractivity contribution is 9.10. The minimum absolute atomic E-state index is 0.109. The van der Waals surface area contributed by atoms with E-state index in [-0.39, 0.29) is 12.3 Å². The summed E-state index contributed by atoms with van der Waals surface area (Å²) < 4.78 is 7.13. The van der Waals surface area contributed by atoms with Gasteiger partial charge in [0.1, 0.15) is 6.61 Å². The van der Waals surface area contributed by atoms with E-state index in [9.17, 15) is 9.59 Å². The first-order chi connectivity index (χ1) is 11.1. The molecule has 23 heavy (non-hydrogen) atoms. The van der Waals surface area contributed by atoms with E-state index in [1.807, 2.05) is 30.3 Å². The van der Waals surface area contributed by atoms with E-state index in [0.29, 0.717) is 29.8 Å². The fraction of sp³-hybridized carbons (Fsp3) is 0.267. The molecule has 1 aromatic heterocycles. The molecule has 3 rings (SSSR count). The van der Waals surface area contributed by atoms with Gasteiger partial charge >= 0.3 is 12.1 Å². The van der Waals surface area contributed by atoms with Crippen LogP contribution in [0.4, 0.5) is 10.6 Å². The minimum atomic E-state index is -1.14. The summed E-state index contributed by atoms with van der Waals surface area (Å²) in [6.07, 6.45) is 0.160. The van der Waals surface area contributed by atoms with Gasteiger partial charge in [0.25, 0.3) is 0 Å². The monoisotopic (exact) mass is 379 g/mol. The predicted octanol–water partition coefficient (Wildman–Crippen LogP) is 2.89. The number of carbonyl (C=O) groups is 2. The van der Waals surface area contributed by atoms with Gasteiger partial charge in [0.2, 0.25) is 0 Å². The van der Waals surface area contributed by atoms with E-state index in [4.69, 9.17) is 9.84 Å². The lowest BCUT2D eigenvalue weighted by atomic mass is 10.2. The molecular formula is C15H14BrN3O4. The number of fused-ring (bicyclic) bond motifs is 1. The zero-order valence-electron chi connectivity index (χ0n) is 12.1. The van der Waals surface area contributed by atoms with Crippen LogP contribution in [-0.4, -0.2) is 33.5 Å². The molecule has 0 bridgehead atoms. The van der Waals surface area contributed by atoms with Crippen LogP contribution in [0.5, 0.6) is 0 Å². The third-order valence-electron chi connectivity index (χ3n) is 3.50. The van der Waals surface area contributed by atoms with Gasteiger partial charge in [0, 0.05) is 13.1 Å². The largest absolute Gasteiger partial charge is 0.476 e. The summed E-state index contributed by atoms with van der Waals surface area (Å²) >= 11 is 3.23. The van der Waals surface area contributed by atoms with Gasteiger partial charge in [-0.05, 0) is 27.9 Å². The van der Waals surface area contributed by atoms with E-state index in [1.54, 1.807) is 0 Å². The molecule has 0 aliphatic carbocycles. The number of nitrogens with zero attached hydrogens (tertiary/aromatic N) is 3. The molecule has 0 spiro atoms. The molecule has 0 fully saturated rings. The molecule has 1 amide bonds. The Kier molecular flexibility index (Phi) is 4.33. The SMILES string of the molecule is O=C(O)c1nn2c(c1Br)N(C(=O)OCc1ccccc1)CCC2. The van der Waals surface area contributed by atoms with Crippen molar-refractivity contribution in [3.63, 3.8) is 0 Å². The van der Waals surface area contributed by atoms with E-state index in [1.165, 1.54) is 9.58 Å². The third kappa shape index (κ3) is 3.07. The van der Waals surface area contributed by atoms with Crippen molar-refractivity contribution in [3.05, 3.63) is 46.1 Å². The van der Waals surface area contributed by atoms with Gasteiger partial charge in [-0.25, -0.2) is 14.3 Å². The zero-order valence-corrected chi connectivity index (χ0v) is 13.7. The van der Waals surface area contributed by atoms with Crippen LogP contribution in [0.3, 0.4) is 0 Å². The summed E-state index contributed by atoms with van der Waals surface area (Å²) in [6.45, 7) is 1.17. The summed E-state index contributed by atoms with van der Waals surface area (Å²) in [5.41, 5.74) is 0.777. The normalized spacial score (nSPS) is 13.5. The van der Waals surface area contributed by atoms with Gasteiger partial charge in [0.05, 0.1) is 4.47 Å². The lowest BCUT2D eigenvalue weighted by Crippen LogP contribution is -2.38. The number of carboxylic acids is 1. The number of halogens is 1. The number of amides is 1. The lowest BCUT2D eigenvalue weighted by Gasteiger charge is -2.27. The Morgan fingerprint density at radius 3 is 2.70 bits per heavy atom. The molecule has 0 radical (unpaired) electrons. The Bertz CT molecular complexity index is 745. The van der Waals surface area contributed by atoms with Crippen LogP contribution in [0, 0.1) is 0 Å². The van der Waals surface area contributed by atoms with Crippen LogP contribution < -0.4 is 4.90 Å². The second kappa shape index (κ2) is 6.41. The average Bonchev–Trinajstić information content (AvgIpc) is 2.91. The maximum absolute atomic E-state index is 12.4. The highest BCUT2D eigenvalue weighted by Crippen LogP contribution is 2.33. The number of hydrogen-bond acceptors (Lipinski definition) is 4. The Labute approximate surface area is 140 Å². The topological polar surface area (TPSA) is 84.7 Å². The van der Waals surface area contributed by atoms with Crippen molar-refractivity contribution in [2.24, 2.45) is 0 Å². The van der Waals surface area contributed by atoms with Crippen molar-refractivity contribution in [2.75, 3.05) is 11.4 Å². The molecule has 8 heteroatoms. The molecule has 0 atom stereocenters. The zero-order chi connectivity index (χ0) is 16.4. The van der Waals surface area contributed by atoms with E-state index in [2.05, 4.69) is 21.0 Å². The standard InChI is InChI=1S/C15H14BrN3O4/c16-11-12(14(20)21)17-19-8-4-7-18(13(11)19)15(22)23-9-10-5-2-1-3-6-10/h1-3,5-6H,4,7-9H2,(H,20,21). The van der Waals surface area contributed by atoms with Crippen LogP contribution in [-0.2, 0) is 17.9 Å². The summed E-state index contributed by atoms with van der Waals surface area (Å²) in [5, 5.41) is 13.2. The number of rotatable bonds is 3. The fourth-order valence-corrected chi connectivity index (χ4v) is 3.11. The van der Waals surface area contributed by atoms with E-state index < -0.39 is 12.1 Å². The fourth-order valence-electron chi connectivity index (χ4n) is 2.44. The molecule has 2 aromatic rings. The first-order valence-corrected chi connectivity index (χ1v) is 7.85. The molecule has 120 valence electrons. The molecule has 0 saturated carbocycles. The maximum atomic E-state index is 12.4. The summed E-state index contributed by atoms with van der Waals surface area (Å²) in [7, 11) is 0. The molecular weight excluding hydrogens is 366 g/mol. The maximum Gasteiger partial charge on any atom is 0.415 e. The van der Waals surface area contributed by atoms with Crippen LogP contribution in [0.15, 0.2) is 34.8 Å². The quantitative estimate of drug-likeness (QED) is 0.885. The van der Waals surface area contributed by atoms with Crippen molar-refractivity contribution in [1.29, 1.82) is 0 Å². The van der Waals surface area contributed by atoms with Crippen molar-refractivity contribution < 1.29 is 19.4 Å². The van der Waals surface area contributed by atoms with Gasteiger partial charge < -0.3 is 9.84 Å². The van der Waals surface area contributed by atoms with Crippen LogP contribution in [0.25, 0.3) is 0 Å². The number of carbonyl (C=O) groups excluding carboxylic acids is 1. The third-order valence-corrected chi connectivity index (χ3v) is 4.24. The number of benzene rings is 1. The number of aromatic carboxylic acids is 1. The van der Waals surface area contributed by atoms with Gasteiger partial charge in [-0.15, -0.1) is 0 Å². The summed E-state index contributed by atoms with van der Waals surface area (Å²) in [6, 6.07) is 9.36. The lowest BCUT2D eigenvalue weighted by molar-refractivity contribution is 0.0688. The molecule has 0 saturated heterocycles. The van der Waals surface area contributed by atoms with Crippen LogP contribution in [0.1, 0.15) is 22.5 Å². The number of carboxylic acid groups (broad SMARTS) is 1. The smallest absolute Gasteiger partial charge is 0.415 e. The molecule has 1 aliphatic rings. The van der Waals surface area contributed by atoms with Crippen molar-refractivity contribution in [3.8, 4) is 0 Å². The van der Waals surface area contributed by atoms with E-state index in [0.717, 1.165) is 5.56 Å². The van der Waals surface area contributed by atoms with Crippen LogP contribution >= 0.6 is 15.9 Å². The minimum Gasteiger partial charge on any atom is -0.476 e. The van der Waals surface area contributed by atoms with Crippen molar-refractivity contribution >= 4 is 33.8 Å². The molecule has 1 N–H and O–H groups in total. The van der Waals surface area contributed by atoms with Crippen LogP contribution in [0.2, 0.25) is 0 Å². The van der Waals surface area contributed by atoms with Gasteiger partial charge in [0.15, 0.2) is 11.5 Å². The molecule has 2 heterocycles. The Morgan fingerprint density at radius 1 is 1.26 bits per heavy atom. The highest BCUT2D eigenvalue weighted by Gasteiger charge is 2.31. The predicted molar refractivity (Wildman–Crippen MR) is 85.5 cm³/mol. The number of ether oxygens (including phenoxy) is 1. The Hall–Kier alpha value is -2.35.